The number of aromatic nitrogens is 2. The quantitative estimate of drug-likeness (QED) is 0.851. The minimum absolute atomic E-state index is 0.277. The number of nitrogens with zero attached hydrogens (tertiary/aromatic N) is 3. The molecule has 1 aliphatic heterocycles. The molecular formula is C16H17FN4O3S. The van der Waals surface area contributed by atoms with Gasteiger partial charge in [0.2, 0.25) is 11.2 Å². The highest BCUT2D eigenvalue weighted by molar-refractivity contribution is 7.15. The van der Waals surface area contributed by atoms with Crippen molar-refractivity contribution in [2.24, 2.45) is 11.1 Å². The smallest absolute Gasteiger partial charge is 0.270 e. The van der Waals surface area contributed by atoms with E-state index in [9.17, 15) is 9.18 Å². The molecule has 2 atom stereocenters. The highest BCUT2D eigenvalue weighted by Crippen LogP contribution is 2.25. The minimum Gasteiger partial charge on any atom is -0.381 e. The zero-order valence-corrected chi connectivity index (χ0v) is 14.5. The zero-order valence-electron chi connectivity index (χ0n) is 13.7. The lowest BCUT2D eigenvalue weighted by Gasteiger charge is -2.13. The third-order valence-electron chi connectivity index (χ3n) is 3.68. The van der Waals surface area contributed by atoms with E-state index < -0.39 is 6.10 Å². The molecule has 1 aliphatic rings. The molecule has 1 aromatic carbocycles. The largest absolute Gasteiger partial charge is 0.381 e. The van der Waals surface area contributed by atoms with E-state index >= 15 is 0 Å². The summed E-state index contributed by atoms with van der Waals surface area (Å²) in [6, 6.07) is 5.91. The van der Waals surface area contributed by atoms with Gasteiger partial charge in [0.15, 0.2) is 0 Å². The number of hydrogen-bond donors (Lipinski definition) is 1. The zero-order chi connectivity index (χ0) is 17.8. The first-order valence-electron chi connectivity index (χ1n) is 7.79. The number of carbonyl (C=O) groups is 1. The highest BCUT2D eigenvalue weighted by Gasteiger charge is 2.37. The van der Waals surface area contributed by atoms with Gasteiger partial charge in [-0.1, -0.05) is 35.5 Å². The van der Waals surface area contributed by atoms with Gasteiger partial charge >= 0.3 is 0 Å². The number of nitrogens with one attached hydrogen (secondary N) is 1. The normalized spacial score (nSPS) is 19.4. The first kappa shape index (κ1) is 17.4. The number of oxime groups is 1. The van der Waals surface area contributed by atoms with Crippen molar-refractivity contribution < 1.29 is 18.8 Å². The van der Waals surface area contributed by atoms with Crippen LogP contribution >= 0.6 is 11.3 Å². The summed E-state index contributed by atoms with van der Waals surface area (Å²) in [5, 5.41) is 15.6. The van der Waals surface area contributed by atoms with Crippen LogP contribution in [0.1, 0.15) is 24.4 Å². The third kappa shape index (κ3) is 3.99. The second kappa shape index (κ2) is 7.66. The molecule has 0 unspecified atom stereocenters. The van der Waals surface area contributed by atoms with Crippen LogP contribution in [0.15, 0.2) is 29.4 Å². The van der Waals surface area contributed by atoms with Crippen molar-refractivity contribution in [1.29, 1.82) is 0 Å². The van der Waals surface area contributed by atoms with E-state index in [1.807, 2.05) is 13.8 Å². The Hall–Kier alpha value is -2.39. The Kier molecular flexibility index (Phi) is 5.34. The molecule has 0 fully saturated rings. The van der Waals surface area contributed by atoms with Crippen LogP contribution in [0.5, 0.6) is 0 Å². The van der Waals surface area contributed by atoms with Gasteiger partial charge in [0.25, 0.3) is 5.91 Å². The predicted molar refractivity (Wildman–Crippen MR) is 90.8 cm³/mol. The number of amides is 1. The van der Waals surface area contributed by atoms with Gasteiger partial charge in [0, 0.05) is 6.61 Å². The number of anilines is 1. The summed E-state index contributed by atoms with van der Waals surface area (Å²) in [6.45, 7) is 4.66. The SMILES string of the molecule is CCOCc1nnc(NC(=O)[C@@H]2ON=C(c3ccc(F)cc3)[C@@H]2C)s1. The molecule has 1 aromatic heterocycles. The van der Waals surface area contributed by atoms with E-state index in [1.165, 1.54) is 23.5 Å². The molecule has 132 valence electrons. The summed E-state index contributed by atoms with van der Waals surface area (Å²) in [6.07, 6.45) is -0.778. The molecule has 0 spiro atoms. The fourth-order valence-electron chi connectivity index (χ4n) is 2.37. The Bertz CT molecular complexity index is 778. The van der Waals surface area contributed by atoms with Gasteiger partial charge in [-0.2, -0.15) is 0 Å². The van der Waals surface area contributed by atoms with E-state index in [0.717, 1.165) is 5.56 Å². The molecule has 2 aromatic rings. The maximum Gasteiger partial charge on any atom is 0.270 e. The number of hydrogen-bond acceptors (Lipinski definition) is 7. The molecule has 0 radical (unpaired) electrons. The summed E-state index contributed by atoms with van der Waals surface area (Å²) < 4.78 is 18.3. The van der Waals surface area contributed by atoms with Gasteiger partial charge in [0.1, 0.15) is 17.4 Å². The summed E-state index contributed by atoms with van der Waals surface area (Å²) in [5.41, 5.74) is 1.33. The fourth-order valence-corrected chi connectivity index (χ4v) is 3.05. The number of carbonyl (C=O) groups excluding carboxylic acids is 1. The molecule has 0 saturated carbocycles. The van der Waals surface area contributed by atoms with Crippen LogP contribution in [0.3, 0.4) is 0 Å². The Morgan fingerprint density at radius 1 is 1.36 bits per heavy atom. The molecule has 25 heavy (non-hydrogen) atoms. The molecule has 0 saturated heterocycles. The lowest BCUT2D eigenvalue weighted by atomic mass is 9.94. The van der Waals surface area contributed by atoms with Gasteiger partial charge in [-0.25, -0.2) is 4.39 Å². The Morgan fingerprint density at radius 3 is 2.84 bits per heavy atom. The maximum atomic E-state index is 13.0. The van der Waals surface area contributed by atoms with Crippen LogP contribution in [-0.4, -0.2) is 34.5 Å². The Morgan fingerprint density at radius 2 is 2.12 bits per heavy atom. The Balaban J connectivity index is 1.62. The van der Waals surface area contributed by atoms with Crippen LogP contribution in [0.4, 0.5) is 9.52 Å². The van der Waals surface area contributed by atoms with Crippen molar-refractivity contribution in [3.05, 3.63) is 40.7 Å². The first-order valence-corrected chi connectivity index (χ1v) is 8.60. The summed E-state index contributed by atoms with van der Waals surface area (Å²) in [7, 11) is 0. The van der Waals surface area contributed by atoms with Crippen molar-refractivity contribution in [2.45, 2.75) is 26.6 Å². The monoisotopic (exact) mass is 364 g/mol. The second-order valence-electron chi connectivity index (χ2n) is 5.43. The molecule has 3 rings (SSSR count). The van der Waals surface area contributed by atoms with Crippen molar-refractivity contribution in [3.63, 3.8) is 0 Å². The first-order chi connectivity index (χ1) is 12.1. The molecule has 0 bridgehead atoms. The van der Waals surface area contributed by atoms with Crippen molar-refractivity contribution in [3.8, 4) is 0 Å². The van der Waals surface area contributed by atoms with E-state index in [4.69, 9.17) is 9.57 Å². The number of rotatable bonds is 6. The predicted octanol–water partition coefficient (Wildman–Crippen LogP) is 2.59. The molecule has 9 heteroatoms. The fraction of sp³-hybridized carbons (Fsp3) is 0.375. The summed E-state index contributed by atoms with van der Waals surface area (Å²) >= 11 is 1.25. The van der Waals surface area contributed by atoms with Gasteiger partial charge in [-0.3, -0.25) is 10.1 Å². The lowest BCUT2D eigenvalue weighted by Crippen LogP contribution is -2.34. The minimum atomic E-state index is -0.778. The van der Waals surface area contributed by atoms with Crippen molar-refractivity contribution in [1.82, 2.24) is 10.2 Å². The summed E-state index contributed by atoms with van der Waals surface area (Å²) in [4.78, 5) is 17.7. The molecular weight excluding hydrogens is 347 g/mol. The average Bonchev–Trinajstić information content (AvgIpc) is 3.20. The molecule has 1 amide bonds. The van der Waals surface area contributed by atoms with Crippen LogP contribution in [0.25, 0.3) is 0 Å². The van der Waals surface area contributed by atoms with E-state index in [2.05, 4.69) is 20.7 Å². The van der Waals surface area contributed by atoms with Crippen molar-refractivity contribution >= 4 is 28.1 Å². The molecule has 1 N–H and O–H groups in total. The van der Waals surface area contributed by atoms with E-state index in [0.29, 0.717) is 29.1 Å². The number of halogens is 1. The molecule has 2 heterocycles. The average molecular weight is 364 g/mol. The van der Waals surface area contributed by atoms with E-state index in [1.54, 1.807) is 12.1 Å². The van der Waals surface area contributed by atoms with E-state index in [-0.39, 0.29) is 17.6 Å². The van der Waals surface area contributed by atoms with Gasteiger partial charge in [-0.05, 0) is 24.6 Å². The van der Waals surface area contributed by atoms with Gasteiger partial charge < -0.3 is 9.57 Å². The van der Waals surface area contributed by atoms with Crippen LogP contribution in [0, 0.1) is 11.7 Å². The van der Waals surface area contributed by atoms with Gasteiger partial charge in [0.05, 0.1) is 11.6 Å². The maximum absolute atomic E-state index is 13.0. The van der Waals surface area contributed by atoms with Crippen LogP contribution < -0.4 is 5.32 Å². The molecule has 0 aliphatic carbocycles. The lowest BCUT2D eigenvalue weighted by molar-refractivity contribution is -0.127. The second-order valence-corrected chi connectivity index (χ2v) is 6.49. The summed E-state index contributed by atoms with van der Waals surface area (Å²) in [5.74, 6) is -0.960. The van der Waals surface area contributed by atoms with Crippen molar-refractivity contribution in [2.75, 3.05) is 11.9 Å². The highest BCUT2D eigenvalue weighted by atomic mass is 32.1. The van der Waals surface area contributed by atoms with Crippen LogP contribution in [0.2, 0.25) is 0 Å². The Labute approximate surface area is 147 Å². The third-order valence-corrected chi connectivity index (χ3v) is 4.49. The topological polar surface area (TPSA) is 85.7 Å². The van der Waals surface area contributed by atoms with Gasteiger partial charge in [-0.15, -0.1) is 10.2 Å². The standard InChI is InChI=1S/C16H17FN4O3S/c1-3-23-8-12-19-20-16(25-12)18-15(22)14-9(2)13(21-24-14)10-4-6-11(17)7-5-10/h4-7,9,14H,3,8H2,1-2H3,(H,18,20,22)/t9-,14+/m0/s1. The molecule has 7 nitrogen and oxygen atoms in total. The number of benzene rings is 1. The number of ether oxygens (including phenoxy) is 1. The van der Waals surface area contributed by atoms with Crippen LogP contribution in [-0.2, 0) is 21.0 Å².